The highest BCUT2D eigenvalue weighted by atomic mass is 32.2. The highest BCUT2D eigenvalue weighted by Gasteiger charge is 2.10. The van der Waals surface area contributed by atoms with Gasteiger partial charge in [0.15, 0.2) is 0 Å². The molecule has 0 fully saturated rings. The third kappa shape index (κ3) is 5.28. The molecular formula is C12H19NO2S. The van der Waals surface area contributed by atoms with Crippen LogP contribution in [0, 0.1) is 0 Å². The van der Waals surface area contributed by atoms with Gasteiger partial charge in [-0.3, -0.25) is 0 Å². The maximum atomic E-state index is 11.5. The normalized spacial score (nSPS) is 11.9. The van der Waals surface area contributed by atoms with Gasteiger partial charge in [-0.05, 0) is 32.3 Å². The van der Waals surface area contributed by atoms with Gasteiger partial charge in [0.1, 0.15) is 0 Å². The number of rotatable bonds is 6. The van der Waals surface area contributed by atoms with Crippen molar-refractivity contribution in [1.82, 2.24) is 4.72 Å². The summed E-state index contributed by atoms with van der Waals surface area (Å²) in [6, 6.07) is 9.90. The van der Waals surface area contributed by atoms with Gasteiger partial charge in [0.2, 0.25) is 10.0 Å². The van der Waals surface area contributed by atoms with Crippen LogP contribution in [0.4, 0.5) is 0 Å². The van der Waals surface area contributed by atoms with Crippen molar-refractivity contribution >= 4 is 10.0 Å². The lowest BCUT2D eigenvalue weighted by Crippen LogP contribution is -2.32. The molecule has 0 unspecified atom stereocenters. The minimum atomic E-state index is -3.10. The first-order valence-corrected chi connectivity index (χ1v) is 7.19. The maximum absolute atomic E-state index is 11.5. The Morgan fingerprint density at radius 1 is 1.19 bits per heavy atom. The van der Waals surface area contributed by atoms with Crippen molar-refractivity contribution in [3.8, 4) is 0 Å². The van der Waals surface area contributed by atoms with Gasteiger partial charge in [-0.1, -0.05) is 30.3 Å². The van der Waals surface area contributed by atoms with E-state index >= 15 is 0 Å². The molecule has 0 spiro atoms. The van der Waals surface area contributed by atoms with Crippen molar-refractivity contribution in [2.24, 2.45) is 0 Å². The fourth-order valence-electron chi connectivity index (χ4n) is 1.53. The van der Waals surface area contributed by atoms with E-state index in [2.05, 4.69) is 4.72 Å². The van der Waals surface area contributed by atoms with Crippen molar-refractivity contribution in [2.75, 3.05) is 5.75 Å². The van der Waals surface area contributed by atoms with Crippen molar-refractivity contribution in [1.29, 1.82) is 0 Å². The Hall–Kier alpha value is -0.870. The largest absolute Gasteiger partial charge is 0.213 e. The van der Waals surface area contributed by atoms with Crippen LogP contribution in [0.3, 0.4) is 0 Å². The van der Waals surface area contributed by atoms with Gasteiger partial charge in [-0.15, -0.1) is 0 Å². The number of nitrogens with one attached hydrogen (secondary N) is 1. The molecule has 0 aliphatic carbocycles. The van der Waals surface area contributed by atoms with Crippen LogP contribution in [-0.2, 0) is 16.4 Å². The SMILES string of the molecule is CC(C)NS(=O)(=O)CCCc1ccccc1. The molecule has 0 aliphatic heterocycles. The highest BCUT2D eigenvalue weighted by Crippen LogP contribution is 2.03. The first kappa shape index (κ1) is 13.2. The molecule has 1 rings (SSSR count). The van der Waals surface area contributed by atoms with Crippen LogP contribution in [0.2, 0.25) is 0 Å². The summed E-state index contributed by atoms with van der Waals surface area (Å²) in [5.74, 6) is 0.195. The number of sulfonamides is 1. The minimum absolute atomic E-state index is 0.0262. The summed E-state index contributed by atoms with van der Waals surface area (Å²) in [5, 5.41) is 0. The molecule has 1 aromatic carbocycles. The molecule has 1 N–H and O–H groups in total. The number of benzene rings is 1. The molecule has 90 valence electrons. The Balaban J connectivity index is 2.36. The average molecular weight is 241 g/mol. The van der Waals surface area contributed by atoms with Gasteiger partial charge < -0.3 is 0 Å². The van der Waals surface area contributed by atoms with E-state index in [1.807, 2.05) is 44.2 Å². The predicted octanol–water partition coefficient (Wildman–Crippen LogP) is 1.95. The minimum Gasteiger partial charge on any atom is -0.213 e. The molecule has 0 aromatic heterocycles. The smallest absolute Gasteiger partial charge is 0.211 e. The van der Waals surface area contributed by atoms with Gasteiger partial charge in [-0.25, -0.2) is 13.1 Å². The molecule has 0 heterocycles. The summed E-state index contributed by atoms with van der Waals surface area (Å²) in [6.07, 6.45) is 1.46. The number of hydrogen-bond donors (Lipinski definition) is 1. The quantitative estimate of drug-likeness (QED) is 0.827. The van der Waals surface area contributed by atoms with Gasteiger partial charge in [0.25, 0.3) is 0 Å². The molecule has 0 saturated heterocycles. The monoisotopic (exact) mass is 241 g/mol. The zero-order chi connectivity index (χ0) is 12.0. The van der Waals surface area contributed by atoms with Crippen LogP contribution >= 0.6 is 0 Å². The Bertz CT molecular complexity index is 398. The van der Waals surface area contributed by atoms with Crippen LogP contribution in [0.5, 0.6) is 0 Å². The molecule has 1 aromatic rings. The molecule has 3 nitrogen and oxygen atoms in total. The zero-order valence-corrected chi connectivity index (χ0v) is 10.6. The Labute approximate surface area is 97.9 Å². The van der Waals surface area contributed by atoms with Crippen LogP contribution in [0.25, 0.3) is 0 Å². The standard InChI is InChI=1S/C12H19NO2S/c1-11(2)13-16(14,15)10-6-9-12-7-4-3-5-8-12/h3-5,7-8,11,13H,6,9-10H2,1-2H3. The molecule has 0 amide bonds. The van der Waals surface area contributed by atoms with Crippen LogP contribution in [0.15, 0.2) is 30.3 Å². The number of aryl methyl sites for hydroxylation is 1. The van der Waals surface area contributed by atoms with Gasteiger partial charge in [-0.2, -0.15) is 0 Å². The van der Waals surface area contributed by atoms with Gasteiger partial charge >= 0.3 is 0 Å². The zero-order valence-electron chi connectivity index (χ0n) is 9.81. The van der Waals surface area contributed by atoms with E-state index in [1.54, 1.807) is 0 Å². The molecule has 4 heteroatoms. The van der Waals surface area contributed by atoms with E-state index in [9.17, 15) is 8.42 Å². The fraction of sp³-hybridized carbons (Fsp3) is 0.500. The van der Waals surface area contributed by atoms with Crippen LogP contribution < -0.4 is 4.72 Å². The van der Waals surface area contributed by atoms with Crippen molar-refractivity contribution < 1.29 is 8.42 Å². The van der Waals surface area contributed by atoms with Gasteiger partial charge in [0.05, 0.1) is 5.75 Å². The lowest BCUT2D eigenvalue weighted by atomic mass is 10.1. The first-order valence-electron chi connectivity index (χ1n) is 5.53. The van der Waals surface area contributed by atoms with E-state index in [1.165, 1.54) is 5.56 Å². The number of hydrogen-bond acceptors (Lipinski definition) is 2. The first-order chi connectivity index (χ1) is 7.49. The van der Waals surface area contributed by atoms with E-state index in [0.29, 0.717) is 6.42 Å². The summed E-state index contributed by atoms with van der Waals surface area (Å²) >= 11 is 0. The third-order valence-corrected chi connectivity index (χ3v) is 3.79. The van der Waals surface area contributed by atoms with Crippen LogP contribution in [0.1, 0.15) is 25.8 Å². The predicted molar refractivity (Wildman–Crippen MR) is 66.8 cm³/mol. The average Bonchev–Trinajstić information content (AvgIpc) is 2.16. The molecule has 0 radical (unpaired) electrons. The van der Waals surface area contributed by atoms with Crippen molar-refractivity contribution in [3.05, 3.63) is 35.9 Å². The van der Waals surface area contributed by atoms with E-state index in [0.717, 1.165) is 6.42 Å². The molecule has 0 saturated carbocycles. The summed E-state index contributed by atoms with van der Waals surface area (Å²) in [4.78, 5) is 0. The lowest BCUT2D eigenvalue weighted by Gasteiger charge is -2.09. The molecule has 0 atom stereocenters. The third-order valence-electron chi connectivity index (χ3n) is 2.14. The molecule has 0 bridgehead atoms. The summed E-state index contributed by atoms with van der Waals surface area (Å²) in [6.45, 7) is 3.66. The lowest BCUT2D eigenvalue weighted by molar-refractivity contribution is 0.567. The second kappa shape index (κ2) is 6.01. The molecule has 16 heavy (non-hydrogen) atoms. The van der Waals surface area contributed by atoms with E-state index in [-0.39, 0.29) is 11.8 Å². The van der Waals surface area contributed by atoms with Crippen LogP contribution in [-0.4, -0.2) is 20.2 Å². The Morgan fingerprint density at radius 2 is 1.81 bits per heavy atom. The maximum Gasteiger partial charge on any atom is 0.211 e. The highest BCUT2D eigenvalue weighted by molar-refractivity contribution is 7.89. The van der Waals surface area contributed by atoms with E-state index < -0.39 is 10.0 Å². The second-order valence-corrected chi connectivity index (χ2v) is 6.05. The molecule has 0 aliphatic rings. The summed E-state index contributed by atoms with van der Waals surface area (Å²) in [7, 11) is -3.10. The van der Waals surface area contributed by atoms with Gasteiger partial charge in [0, 0.05) is 6.04 Å². The van der Waals surface area contributed by atoms with E-state index in [4.69, 9.17) is 0 Å². The Morgan fingerprint density at radius 3 is 2.38 bits per heavy atom. The molecular weight excluding hydrogens is 222 g/mol. The second-order valence-electron chi connectivity index (χ2n) is 4.18. The summed E-state index contributed by atoms with van der Waals surface area (Å²) in [5.41, 5.74) is 1.18. The Kier molecular flexibility index (Phi) is 4.96. The summed E-state index contributed by atoms with van der Waals surface area (Å²) < 4.78 is 25.6. The fourth-order valence-corrected chi connectivity index (χ4v) is 2.89. The van der Waals surface area contributed by atoms with Crippen molar-refractivity contribution in [2.45, 2.75) is 32.7 Å². The topological polar surface area (TPSA) is 46.2 Å². The van der Waals surface area contributed by atoms with Crippen molar-refractivity contribution in [3.63, 3.8) is 0 Å².